The van der Waals surface area contributed by atoms with Crippen LogP contribution in [0.25, 0.3) is 0 Å². The number of carbonyl (C=O) groups is 1. The van der Waals surface area contributed by atoms with Gasteiger partial charge in [-0.2, -0.15) is 0 Å². The van der Waals surface area contributed by atoms with Gasteiger partial charge in [-0.3, -0.25) is 0 Å². The quantitative estimate of drug-likeness (QED) is 0.842. The molecule has 0 aliphatic heterocycles. The summed E-state index contributed by atoms with van der Waals surface area (Å²) in [4.78, 5) is 15.9. The lowest BCUT2D eigenvalue weighted by molar-refractivity contribution is 0.0696. The van der Waals surface area contributed by atoms with Gasteiger partial charge in [-0.15, -0.1) is 11.3 Å². The van der Waals surface area contributed by atoms with E-state index in [4.69, 9.17) is 5.11 Å². The van der Waals surface area contributed by atoms with Gasteiger partial charge in [-0.05, 0) is 37.6 Å². The van der Waals surface area contributed by atoms with E-state index < -0.39 is 16.0 Å². The first kappa shape index (κ1) is 15.6. The lowest BCUT2D eigenvalue weighted by Gasteiger charge is -2.06. The van der Waals surface area contributed by atoms with Gasteiger partial charge in [0.05, 0.1) is 15.5 Å². The average molecular weight is 326 g/mol. The van der Waals surface area contributed by atoms with Crippen molar-refractivity contribution in [3.63, 3.8) is 0 Å². The maximum atomic E-state index is 12.0. The SMILES string of the molecule is Cc1ncc(CCNS(=O)(=O)c2ccc(C(=O)O)cc2)s1. The van der Waals surface area contributed by atoms with Gasteiger partial charge < -0.3 is 5.11 Å². The summed E-state index contributed by atoms with van der Waals surface area (Å²) < 4.78 is 26.6. The number of carboxylic acid groups (broad SMARTS) is 1. The van der Waals surface area contributed by atoms with E-state index in [0.717, 1.165) is 9.88 Å². The molecular formula is C13H14N2O4S2. The van der Waals surface area contributed by atoms with Crippen LogP contribution in [0, 0.1) is 6.92 Å². The van der Waals surface area contributed by atoms with Gasteiger partial charge in [0.15, 0.2) is 0 Å². The van der Waals surface area contributed by atoms with Gasteiger partial charge in [-0.25, -0.2) is 22.9 Å². The van der Waals surface area contributed by atoms with E-state index in [1.807, 2.05) is 6.92 Å². The standard InChI is InChI=1S/C13H14N2O4S2/c1-9-14-8-11(20-9)6-7-15-21(18,19)12-4-2-10(3-5-12)13(16)17/h2-5,8,15H,6-7H2,1H3,(H,16,17). The zero-order valence-electron chi connectivity index (χ0n) is 11.2. The maximum Gasteiger partial charge on any atom is 0.335 e. The van der Waals surface area contributed by atoms with Crippen LogP contribution < -0.4 is 4.72 Å². The van der Waals surface area contributed by atoms with Crippen LogP contribution in [0.5, 0.6) is 0 Å². The highest BCUT2D eigenvalue weighted by atomic mass is 32.2. The third kappa shape index (κ3) is 4.10. The Kier molecular flexibility index (Phi) is 4.71. The van der Waals surface area contributed by atoms with Crippen molar-refractivity contribution in [3.8, 4) is 0 Å². The highest BCUT2D eigenvalue weighted by molar-refractivity contribution is 7.89. The van der Waals surface area contributed by atoms with E-state index in [9.17, 15) is 13.2 Å². The van der Waals surface area contributed by atoms with Gasteiger partial charge in [0.2, 0.25) is 10.0 Å². The molecule has 2 aromatic rings. The number of hydrogen-bond donors (Lipinski definition) is 2. The summed E-state index contributed by atoms with van der Waals surface area (Å²) in [7, 11) is -3.62. The molecule has 0 atom stereocenters. The van der Waals surface area contributed by atoms with E-state index >= 15 is 0 Å². The molecule has 0 radical (unpaired) electrons. The van der Waals surface area contributed by atoms with Gasteiger partial charge in [-0.1, -0.05) is 0 Å². The van der Waals surface area contributed by atoms with Crippen LogP contribution in [0.15, 0.2) is 35.4 Å². The summed E-state index contributed by atoms with van der Waals surface area (Å²) in [5.41, 5.74) is 0.0501. The number of nitrogens with one attached hydrogen (secondary N) is 1. The van der Waals surface area contributed by atoms with E-state index in [1.165, 1.54) is 35.6 Å². The number of carboxylic acids is 1. The fraction of sp³-hybridized carbons (Fsp3) is 0.231. The fourth-order valence-corrected chi connectivity index (χ4v) is 3.52. The number of aromatic nitrogens is 1. The van der Waals surface area contributed by atoms with Crippen molar-refractivity contribution in [3.05, 3.63) is 45.9 Å². The molecule has 0 amide bonds. The van der Waals surface area contributed by atoms with Gasteiger partial charge in [0.1, 0.15) is 0 Å². The molecule has 0 bridgehead atoms. The number of aromatic carboxylic acids is 1. The Morgan fingerprint density at radius 1 is 1.33 bits per heavy atom. The van der Waals surface area contributed by atoms with Crippen molar-refractivity contribution >= 4 is 27.3 Å². The highest BCUT2D eigenvalue weighted by Crippen LogP contribution is 2.13. The minimum Gasteiger partial charge on any atom is -0.478 e. The fourth-order valence-electron chi connectivity index (χ4n) is 1.69. The Hall–Kier alpha value is -1.77. The van der Waals surface area contributed by atoms with Crippen LogP contribution in [-0.2, 0) is 16.4 Å². The van der Waals surface area contributed by atoms with Gasteiger partial charge in [0.25, 0.3) is 0 Å². The lowest BCUT2D eigenvalue weighted by Crippen LogP contribution is -2.25. The first-order chi connectivity index (χ1) is 9.88. The summed E-state index contributed by atoms with van der Waals surface area (Å²) >= 11 is 1.53. The summed E-state index contributed by atoms with van der Waals surface area (Å²) in [6.07, 6.45) is 2.30. The molecule has 2 N–H and O–H groups in total. The highest BCUT2D eigenvalue weighted by Gasteiger charge is 2.14. The Balaban J connectivity index is 1.99. The van der Waals surface area contributed by atoms with Crippen LogP contribution in [-0.4, -0.2) is 31.0 Å². The van der Waals surface area contributed by atoms with Crippen molar-refractivity contribution in [1.82, 2.24) is 9.71 Å². The molecule has 1 heterocycles. The largest absolute Gasteiger partial charge is 0.478 e. The van der Waals surface area contributed by atoms with Crippen molar-refractivity contribution < 1.29 is 18.3 Å². The minimum atomic E-state index is -3.62. The van der Waals surface area contributed by atoms with Crippen LogP contribution in [0.4, 0.5) is 0 Å². The van der Waals surface area contributed by atoms with Crippen LogP contribution >= 0.6 is 11.3 Å². The minimum absolute atomic E-state index is 0.0491. The number of hydrogen-bond acceptors (Lipinski definition) is 5. The molecule has 8 heteroatoms. The second-order valence-electron chi connectivity index (χ2n) is 4.32. The molecule has 0 saturated carbocycles. The predicted molar refractivity (Wildman–Crippen MR) is 79.1 cm³/mol. The van der Waals surface area contributed by atoms with Crippen molar-refractivity contribution in [2.24, 2.45) is 0 Å². The normalized spacial score (nSPS) is 11.5. The second-order valence-corrected chi connectivity index (χ2v) is 7.41. The second kappa shape index (κ2) is 6.33. The first-order valence-corrected chi connectivity index (χ1v) is 8.43. The van der Waals surface area contributed by atoms with Crippen LogP contribution in [0.2, 0.25) is 0 Å². The van der Waals surface area contributed by atoms with E-state index in [2.05, 4.69) is 9.71 Å². The van der Waals surface area contributed by atoms with Gasteiger partial charge in [0, 0.05) is 17.6 Å². The number of benzene rings is 1. The van der Waals surface area contributed by atoms with E-state index in [1.54, 1.807) is 6.20 Å². The molecule has 112 valence electrons. The van der Waals surface area contributed by atoms with Crippen molar-refractivity contribution in [1.29, 1.82) is 0 Å². The molecule has 0 unspecified atom stereocenters. The molecule has 1 aromatic carbocycles. The van der Waals surface area contributed by atoms with Gasteiger partial charge >= 0.3 is 5.97 Å². The molecule has 2 rings (SSSR count). The van der Waals surface area contributed by atoms with Crippen LogP contribution in [0.1, 0.15) is 20.2 Å². The smallest absolute Gasteiger partial charge is 0.335 e. The molecular weight excluding hydrogens is 312 g/mol. The topological polar surface area (TPSA) is 96.4 Å². The molecule has 0 aliphatic rings. The summed E-state index contributed by atoms with van der Waals surface area (Å²) in [6.45, 7) is 2.16. The van der Waals surface area contributed by atoms with Crippen molar-refractivity contribution in [2.45, 2.75) is 18.2 Å². The Morgan fingerprint density at radius 3 is 2.52 bits per heavy atom. The Labute approximate surface area is 126 Å². The van der Waals surface area contributed by atoms with Crippen molar-refractivity contribution in [2.75, 3.05) is 6.54 Å². The molecule has 21 heavy (non-hydrogen) atoms. The molecule has 0 fully saturated rings. The molecule has 0 saturated heterocycles. The number of thiazole rings is 1. The number of rotatable bonds is 6. The summed E-state index contributed by atoms with van der Waals surface area (Å²) in [5, 5.41) is 9.72. The monoisotopic (exact) mass is 326 g/mol. The molecule has 0 spiro atoms. The average Bonchev–Trinajstić information content (AvgIpc) is 2.84. The predicted octanol–water partition coefficient (Wildman–Crippen LogP) is 1.67. The maximum absolute atomic E-state index is 12.0. The van der Waals surface area contributed by atoms with Crippen LogP contribution in [0.3, 0.4) is 0 Å². The molecule has 0 aliphatic carbocycles. The first-order valence-electron chi connectivity index (χ1n) is 6.13. The Bertz CT molecular complexity index is 736. The van der Waals surface area contributed by atoms with E-state index in [-0.39, 0.29) is 17.0 Å². The summed E-state index contributed by atoms with van der Waals surface area (Å²) in [6, 6.07) is 5.10. The van der Waals surface area contributed by atoms with E-state index in [0.29, 0.717) is 6.42 Å². The third-order valence-electron chi connectivity index (χ3n) is 2.74. The third-order valence-corrected chi connectivity index (χ3v) is 5.19. The summed E-state index contributed by atoms with van der Waals surface area (Å²) in [5.74, 6) is -1.09. The number of nitrogens with zero attached hydrogens (tertiary/aromatic N) is 1. The molecule has 6 nitrogen and oxygen atoms in total. The lowest BCUT2D eigenvalue weighted by atomic mass is 10.2. The number of aryl methyl sites for hydroxylation is 1. The zero-order valence-corrected chi connectivity index (χ0v) is 12.9. The Morgan fingerprint density at radius 2 is 2.00 bits per heavy atom. The molecule has 1 aromatic heterocycles. The zero-order chi connectivity index (χ0) is 15.5. The number of sulfonamides is 1.